The smallest absolute Gasteiger partial charge is 0.223 e. The molecule has 1 rings (SSSR count). The Balaban J connectivity index is 2.61. The van der Waals surface area contributed by atoms with Crippen molar-refractivity contribution in [2.75, 3.05) is 13.7 Å². The van der Waals surface area contributed by atoms with E-state index in [4.69, 9.17) is 10.5 Å². The largest absolute Gasteiger partial charge is 0.383 e. The van der Waals surface area contributed by atoms with Crippen LogP contribution in [0.1, 0.15) is 40.5 Å². The number of rotatable bonds is 5. The van der Waals surface area contributed by atoms with Crippen molar-refractivity contribution in [3.8, 4) is 0 Å². The molecule has 5 unspecified atom stereocenters. The lowest BCUT2D eigenvalue weighted by Gasteiger charge is -2.37. The number of amides is 1. The molecule has 0 bridgehead atoms. The first-order valence-electron chi connectivity index (χ1n) is 7.41. The number of nitrogens with one attached hydrogen (secondary N) is 1. The van der Waals surface area contributed by atoms with E-state index in [0.29, 0.717) is 24.4 Å². The maximum atomic E-state index is 12.4. The number of carbonyl (C=O) groups excluding carboxylic acids is 1. The van der Waals surface area contributed by atoms with Crippen molar-refractivity contribution in [2.45, 2.75) is 52.6 Å². The predicted octanol–water partition coefficient (Wildman–Crippen LogP) is 1.78. The molecule has 0 aromatic heterocycles. The van der Waals surface area contributed by atoms with Crippen molar-refractivity contribution < 1.29 is 9.53 Å². The van der Waals surface area contributed by atoms with Gasteiger partial charge in [0.15, 0.2) is 0 Å². The van der Waals surface area contributed by atoms with Gasteiger partial charge in [-0.05, 0) is 30.6 Å². The summed E-state index contributed by atoms with van der Waals surface area (Å²) in [4.78, 5) is 12.4. The summed E-state index contributed by atoms with van der Waals surface area (Å²) in [6, 6.07) is 0.229. The summed E-state index contributed by atoms with van der Waals surface area (Å²) in [7, 11) is 1.67. The predicted molar refractivity (Wildman–Crippen MR) is 77.7 cm³/mol. The Bertz CT molecular complexity index is 294. The topological polar surface area (TPSA) is 64.3 Å². The number of carbonyl (C=O) groups is 1. The lowest BCUT2D eigenvalue weighted by molar-refractivity contribution is -0.129. The van der Waals surface area contributed by atoms with Gasteiger partial charge in [0.2, 0.25) is 5.91 Å². The average Bonchev–Trinajstić information content (AvgIpc) is 2.32. The molecule has 1 amide bonds. The van der Waals surface area contributed by atoms with Crippen LogP contribution in [0, 0.1) is 23.7 Å². The monoisotopic (exact) mass is 270 g/mol. The zero-order valence-electron chi connectivity index (χ0n) is 13.0. The third-order valence-corrected chi connectivity index (χ3v) is 4.50. The molecule has 1 saturated carbocycles. The quantitative estimate of drug-likeness (QED) is 0.800. The van der Waals surface area contributed by atoms with Crippen molar-refractivity contribution in [1.29, 1.82) is 0 Å². The average molecular weight is 270 g/mol. The summed E-state index contributed by atoms with van der Waals surface area (Å²) >= 11 is 0. The molecule has 0 aliphatic heterocycles. The molecule has 1 fully saturated rings. The second kappa shape index (κ2) is 7.25. The Morgan fingerprint density at radius 3 is 2.47 bits per heavy atom. The van der Waals surface area contributed by atoms with Crippen LogP contribution in [0.5, 0.6) is 0 Å². The van der Waals surface area contributed by atoms with Crippen LogP contribution in [0.4, 0.5) is 0 Å². The van der Waals surface area contributed by atoms with Crippen LogP contribution in [-0.4, -0.2) is 31.7 Å². The second-order valence-electron chi connectivity index (χ2n) is 6.51. The minimum absolute atomic E-state index is 0.0457. The van der Waals surface area contributed by atoms with Crippen LogP contribution in [0.25, 0.3) is 0 Å². The maximum Gasteiger partial charge on any atom is 0.223 e. The molecular weight excluding hydrogens is 240 g/mol. The third kappa shape index (κ3) is 4.46. The van der Waals surface area contributed by atoms with Gasteiger partial charge in [-0.15, -0.1) is 0 Å². The van der Waals surface area contributed by atoms with Crippen molar-refractivity contribution in [3.63, 3.8) is 0 Å². The summed E-state index contributed by atoms with van der Waals surface area (Å²) in [6.45, 7) is 9.10. The second-order valence-corrected chi connectivity index (χ2v) is 6.51. The van der Waals surface area contributed by atoms with Gasteiger partial charge in [-0.3, -0.25) is 4.79 Å². The minimum atomic E-state index is 0.0457. The lowest BCUT2D eigenvalue weighted by atomic mass is 9.72. The van der Waals surface area contributed by atoms with Crippen molar-refractivity contribution in [2.24, 2.45) is 29.4 Å². The van der Waals surface area contributed by atoms with E-state index in [1.165, 1.54) is 0 Å². The number of ether oxygens (including phenoxy) is 1. The van der Waals surface area contributed by atoms with Gasteiger partial charge in [0.25, 0.3) is 0 Å². The zero-order chi connectivity index (χ0) is 14.6. The van der Waals surface area contributed by atoms with E-state index in [0.717, 1.165) is 12.8 Å². The highest BCUT2D eigenvalue weighted by atomic mass is 16.5. The molecule has 112 valence electrons. The fourth-order valence-electron chi connectivity index (χ4n) is 2.92. The van der Waals surface area contributed by atoms with E-state index < -0.39 is 0 Å². The van der Waals surface area contributed by atoms with Gasteiger partial charge in [0.05, 0.1) is 12.6 Å². The van der Waals surface area contributed by atoms with Crippen molar-refractivity contribution in [1.82, 2.24) is 5.32 Å². The van der Waals surface area contributed by atoms with Gasteiger partial charge in [-0.1, -0.05) is 27.7 Å². The molecule has 0 aromatic carbocycles. The molecule has 1 aliphatic rings. The maximum absolute atomic E-state index is 12.4. The molecule has 1 aliphatic carbocycles. The molecule has 0 saturated heterocycles. The highest BCUT2D eigenvalue weighted by Crippen LogP contribution is 2.33. The normalized spacial score (nSPS) is 33.2. The minimum Gasteiger partial charge on any atom is -0.383 e. The Hall–Kier alpha value is -0.610. The molecular formula is C15H30N2O2. The number of methoxy groups -OCH3 is 1. The zero-order valence-corrected chi connectivity index (χ0v) is 13.0. The summed E-state index contributed by atoms with van der Waals surface area (Å²) in [5, 5.41) is 3.13. The standard InChI is InChI=1S/C15H30N2O2/c1-9(2)14(8-19-5)17-15(18)12-7-13(16)11(4)6-10(12)3/h9-14H,6-8,16H2,1-5H3,(H,17,18). The lowest BCUT2D eigenvalue weighted by Crippen LogP contribution is -2.49. The van der Waals surface area contributed by atoms with E-state index in [1.807, 2.05) is 0 Å². The van der Waals surface area contributed by atoms with Crippen LogP contribution in [0.15, 0.2) is 0 Å². The third-order valence-electron chi connectivity index (χ3n) is 4.50. The van der Waals surface area contributed by atoms with E-state index in [-0.39, 0.29) is 23.9 Å². The molecule has 4 heteroatoms. The van der Waals surface area contributed by atoms with E-state index in [9.17, 15) is 4.79 Å². The molecule has 5 atom stereocenters. The summed E-state index contributed by atoms with van der Waals surface area (Å²) in [5.41, 5.74) is 6.11. The van der Waals surface area contributed by atoms with Crippen LogP contribution in [0.2, 0.25) is 0 Å². The number of hydrogen-bond donors (Lipinski definition) is 2. The molecule has 19 heavy (non-hydrogen) atoms. The van der Waals surface area contributed by atoms with E-state index >= 15 is 0 Å². The van der Waals surface area contributed by atoms with Gasteiger partial charge < -0.3 is 15.8 Å². The Morgan fingerprint density at radius 1 is 1.32 bits per heavy atom. The number of nitrogens with two attached hydrogens (primary N) is 1. The molecule has 3 N–H and O–H groups in total. The summed E-state index contributed by atoms with van der Waals surface area (Å²) < 4.78 is 5.18. The van der Waals surface area contributed by atoms with E-state index in [2.05, 4.69) is 33.0 Å². The highest BCUT2D eigenvalue weighted by molar-refractivity contribution is 5.79. The van der Waals surface area contributed by atoms with Crippen LogP contribution in [0.3, 0.4) is 0 Å². The van der Waals surface area contributed by atoms with Crippen LogP contribution in [-0.2, 0) is 9.53 Å². The molecule has 0 aromatic rings. The van der Waals surface area contributed by atoms with Gasteiger partial charge in [-0.2, -0.15) is 0 Å². The Labute approximate surface area is 117 Å². The van der Waals surface area contributed by atoms with Crippen molar-refractivity contribution >= 4 is 5.91 Å². The highest BCUT2D eigenvalue weighted by Gasteiger charge is 2.35. The molecule has 4 nitrogen and oxygen atoms in total. The van der Waals surface area contributed by atoms with Gasteiger partial charge in [0.1, 0.15) is 0 Å². The van der Waals surface area contributed by atoms with Gasteiger partial charge >= 0.3 is 0 Å². The Kier molecular flexibility index (Phi) is 6.27. The van der Waals surface area contributed by atoms with Gasteiger partial charge in [0, 0.05) is 19.1 Å². The first kappa shape index (κ1) is 16.4. The number of hydrogen-bond acceptors (Lipinski definition) is 3. The first-order valence-corrected chi connectivity index (χ1v) is 7.41. The van der Waals surface area contributed by atoms with Crippen molar-refractivity contribution in [3.05, 3.63) is 0 Å². The van der Waals surface area contributed by atoms with Crippen LogP contribution < -0.4 is 11.1 Å². The fourth-order valence-corrected chi connectivity index (χ4v) is 2.92. The fraction of sp³-hybridized carbons (Fsp3) is 0.933. The SMILES string of the molecule is COCC(NC(=O)C1CC(N)C(C)CC1C)C(C)C. The summed E-state index contributed by atoms with van der Waals surface area (Å²) in [5.74, 6) is 1.48. The molecule has 0 spiro atoms. The van der Waals surface area contributed by atoms with E-state index in [1.54, 1.807) is 7.11 Å². The Morgan fingerprint density at radius 2 is 1.95 bits per heavy atom. The molecule has 0 radical (unpaired) electrons. The van der Waals surface area contributed by atoms with Crippen LogP contribution >= 0.6 is 0 Å². The molecule has 0 heterocycles. The van der Waals surface area contributed by atoms with Gasteiger partial charge in [-0.25, -0.2) is 0 Å². The summed E-state index contributed by atoms with van der Waals surface area (Å²) in [6.07, 6.45) is 1.84. The first-order chi connectivity index (χ1) is 8.86.